The number of hydrogen-bond acceptors (Lipinski definition) is 3. The Morgan fingerprint density at radius 1 is 1.30 bits per heavy atom. The van der Waals surface area contributed by atoms with E-state index in [1.54, 1.807) is 0 Å². The van der Waals surface area contributed by atoms with Crippen LogP contribution in [0.25, 0.3) is 0 Å². The Balaban J connectivity index is 2.74. The van der Waals surface area contributed by atoms with Gasteiger partial charge in [-0.25, -0.2) is 0 Å². The molecule has 0 aliphatic carbocycles. The van der Waals surface area contributed by atoms with Crippen LogP contribution in [0.5, 0.6) is 0 Å². The summed E-state index contributed by atoms with van der Waals surface area (Å²) in [6.07, 6.45) is -3.31. The maximum Gasteiger partial charge on any atom is 0.417 e. The van der Waals surface area contributed by atoms with Crippen LogP contribution in [0, 0.1) is 0 Å². The van der Waals surface area contributed by atoms with Crippen LogP contribution in [0.3, 0.4) is 0 Å². The molecule has 128 valence electrons. The third-order valence-electron chi connectivity index (χ3n) is 2.94. The normalized spacial score (nSPS) is 12.6. The van der Waals surface area contributed by atoms with Crippen LogP contribution >= 0.6 is 0 Å². The van der Waals surface area contributed by atoms with E-state index in [0.717, 1.165) is 12.5 Å². The first kappa shape index (κ1) is 18.7. The average Bonchev–Trinajstić information content (AvgIpc) is 2.45. The smallest absolute Gasteiger partial charge is 0.354 e. The van der Waals surface area contributed by atoms with Gasteiger partial charge in [0.05, 0.1) is 5.56 Å². The molecule has 0 aromatic carbocycles. The van der Waals surface area contributed by atoms with Gasteiger partial charge in [-0.05, 0) is 19.4 Å². The summed E-state index contributed by atoms with van der Waals surface area (Å²) < 4.78 is 38.5. The van der Waals surface area contributed by atoms with Gasteiger partial charge in [-0.3, -0.25) is 14.4 Å². The summed E-state index contributed by atoms with van der Waals surface area (Å²) in [7, 11) is 0. The van der Waals surface area contributed by atoms with E-state index in [1.807, 2.05) is 6.92 Å². The van der Waals surface area contributed by atoms with Crippen molar-refractivity contribution in [3.8, 4) is 0 Å². The van der Waals surface area contributed by atoms with Crippen LogP contribution in [0.2, 0.25) is 0 Å². The standard InChI is InChI=1S/C14H18F3N3O3/c1-3-6-18-13(23)9(2)19-11(21)8-20-7-10(14(15,16)17)4-5-12(20)22/h4-5,7,9H,3,6,8H2,1-2H3,(H,18,23)(H,19,21)/t9-/m0/s1. The zero-order valence-corrected chi connectivity index (χ0v) is 12.7. The van der Waals surface area contributed by atoms with Crippen molar-refractivity contribution in [2.24, 2.45) is 0 Å². The second kappa shape index (κ2) is 7.80. The largest absolute Gasteiger partial charge is 0.417 e. The van der Waals surface area contributed by atoms with Gasteiger partial charge >= 0.3 is 6.18 Å². The molecule has 0 bridgehead atoms. The third-order valence-corrected chi connectivity index (χ3v) is 2.94. The van der Waals surface area contributed by atoms with Gasteiger partial charge in [-0.15, -0.1) is 0 Å². The summed E-state index contributed by atoms with van der Waals surface area (Å²) in [5, 5.41) is 4.90. The molecule has 1 atom stereocenters. The maximum atomic E-state index is 12.6. The summed E-state index contributed by atoms with van der Waals surface area (Å²) in [5.74, 6) is -1.14. The molecule has 23 heavy (non-hydrogen) atoms. The second-order valence-corrected chi connectivity index (χ2v) is 4.96. The number of aromatic nitrogens is 1. The maximum absolute atomic E-state index is 12.6. The first-order valence-corrected chi connectivity index (χ1v) is 7.00. The minimum atomic E-state index is -4.61. The molecule has 6 nitrogen and oxygen atoms in total. The van der Waals surface area contributed by atoms with Crippen molar-refractivity contribution in [3.63, 3.8) is 0 Å². The van der Waals surface area contributed by atoms with Crippen molar-refractivity contribution in [3.05, 3.63) is 34.2 Å². The van der Waals surface area contributed by atoms with Crippen molar-refractivity contribution >= 4 is 11.8 Å². The van der Waals surface area contributed by atoms with Gasteiger partial charge in [0, 0.05) is 18.8 Å². The number of rotatable bonds is 6. The molecule has 0 unspecified atom stereocenters. The molecule has 9 heteroatoms. The minimum absolute atomic E-state index is 0.406. The molecule has 1 aromatic rings. The van der Waals surface area contributed by atoms with E-state index in [4.69, 9.17) is 0 Å². The van der Waals surface area contributed by atoms with Gasteiger partial charge in [-0.2, -0.15) is 13.2 Å². The highest BCUT2D eigenvalue weighted by atomic mass is 19.4. The molecule has 0 fully saturated rings. The third kappa shape index (κ3) is 5.76. The highest BCUT2D eigenvalue weighted by Crippen LogP contribution is 2.27. The van der Waals surface area contributed by atoms with E-state index in [0.29, 0.717) is 23.4 Å². The predicted octanol–water partition coefficient (Wildman–Crippen LogP) is 0.898. The van der Waals surface area contributed by atoms with E-state index in [9.17, 15) is 27.6 Å². The minimum Gasteiger partial charge on any atom is -0.354 e. The van der Waals surface area contributed by atoms with Gasteiger partial charge in [0.25, 0.3) is 5.56 Å². The molecule has 2 N–H and O–H groups in total. The van der Waals surface area contributed by atoms with Crippen molar-refractivity contribution in [1.82, 2.24) is 15.2 Å². The van der Waals surface area contributed by atoms with Crippen LogP contribution in [0.4, 0.5) is 13.2 Å². The van der Waals surface area contributed by atoms with Crippen LogP contribution in [-0.4, -0.2) is 29.0 Å². The fourth-order valence-electron chi connectivity index (χ4n) is 1.73. The monoisotopic (exact) mass is 333 g/mol. The number of carbonyl (C=O) groups is 2. The molecule has 0 aliphatic rings. The van der Waals surface area contributed by atoms with E-state index in [2.05, 4.69) is 10.6 Å². The average molecular weight is 333 g/mol. The number of halogens is 3. The Labute approximate surface area is 130 Å². The van der Waals surface area contributed by atoms with Crippen molar-refractivity contribution < 1.29 is 22.8 Å². The fourth-order valence-corrected chi connectivity index (χ4v) is 1.73. The predicted molar refractivity (Wildman–Crippen MR) is 76.6 cm³/mol. The van der Waals surface area contributed by atoms with Gasteiger partial charge in [0.15, 0.2) is 0 Å². The lowest BCUT2D eigenvalue weighted by Crippen LogP contribution is -2.46. The number of pyridine rings is 1. The number of carbonyl (C=O) groups excluding carboxylic acids is 2. The van der Waals surface area contributed by atoms with Gasteiger partial charge in [-0.1, -0.05) is 6.92 Å². The Bertz CT molecular complexity index is 626. The van der Waals surface area contributed by atoms with Crippen LogP contribution in [0.15, 0.2) is 23.1 Å². The fraction of sp³-hybridized carbons (Fsp3) is 0.500. The van der Waals surface area contributed by atoms with E-state index < -0.39 is 41.7 Å². The van der Waals surface area contributed by atoms with Crippen molar-refractivity contribution in [2.75, 3.05) is 6.54 Å². The van der Waals surface area contributed by atoms with Gasteiger partial charge in [0.1, 0.15) is 12.6 Å². The quantitative estimate of drug-likeness (QED) is 0.812. The lowest BCUT2D eigenvalue weighted by molar-refractivity contribution is -0.138. The second-order valence-electron chi connectivity index (χ2n) is 4.96. The number of amides is 2. The zero-order valence-electron chi connectivity index (χ0n) is 12.7. The first-order valence-electron chi connectivity index (χ1n) is 7.00. The summed E-state index contributed by atoms with van der Waals surface area (Å²) >= 11 is 0. The highest BCUT2D eigenvalue weighted by Gasteiger charge is 2.31. The van der Waals surface area contributed by atoms with E-state index in [1.165, 1.54) is 6.92 Å². The molecule has 1 rings (SSSR count). The molecule has 0 spiro atoms. The van der Waals surface area contributed by atoms with E-state index in [-0.39, 0.29) is 0 Å². The number of hydrogen-bond donors (Lipinski definition) is 2. The van der Waals surface area contributed by atoms with E-state index >= 15 is 0 Å². The summed E-state index contributed by atoms with van der Waals surface area (Å²) in [6, 6.07) is 0.543. The van der Waals surface area contributed by atoms with Crippen molar-refractivity contribution in [2.45, 2.75) is 39.0 Å². The SMILES string of the molecule is CCCNC(=O)[C@H](C)NC(=O)Cn1cc(C(F)(F)F)ccc1=O. The lowest BCUT2D eigenvalue weighted by Gasteiger charge is -2.15. The Morgan fingerprint density at radius 2 is 1.96 bits per heavy atom. The molecule has 0 saturated heterocycles. The first-order chi connectivity index (χ1) is 10.6. The summed E-state index contributed by atoms with van der Waals surface area (Å²) in [6.45, 7) is 3.15. The zero-order chi connectivity index (χ0) is 17.6. The molecule has 1 aromatic heterocycles. The number of alkyl halides is 3. The molecule has 2 amide bonds. The molecule has 0 saturated carbocycles. The molecule has 0 aliphatic heterocycles. The lowest BCUT2D eigenvalue weighted by atomic mass is 10.2. The van der Waals surface area contributed by atoms with Gasteiger partial charge < -0.3 is 15.2 Å². The number of nitrogens with one attached hydrogen (secondary N) is 2. The highest BCUT2D eigenvalue weighted by molar-refractivity contribution is 5.87. The summed E-state index contributed by atoms with van der Waals surface area (Å²) in [5.41, 5.74) is -1.77. The van der Waals surface area contributed by atoms with Crippen molar-refractivity contribution in [1.29, 1.82) is 0 Å². The van der Waals surface area contributed by atoms with Crippen LogP contribution in [0.1, 0.15) is 25.8 Å². The Hall–Kier alpha value is -2.32. The Kier molecular flexibility index (Phi) is 6.35. The molecule has 1 heterocycles. The van der Waals surface area contributed by atoms with Crippen LogP contribution in [-0.2, 0) is 22.3 Å². The molecule has 0 radical (unpaired) electrons. The molecular formula is C14H18F3N3O3. The number of nitrogens with zero attached hydrogens (tertiary/aromatic N) is 1. The topological polar surface area (TPSA) is 80.2 Å². The Morgan fingerprint density at radius 3 is 2.52 bits per heavy atom. The molecular weight excluding hydrogens is 315 g/mol. The van der Waals surface area contributed by atoms with Gasteiger partial charge in [0.2, 0.25) is 11.8 Å². The van der Waals surface area contributed by atoms with Crippen LogP contribution < -0.4 is 16.2 Å². The summed E-state index contributed by atoms with van der Waals surface area (Å²) in [4.78, 5) is 34.9.